The Morgan fingerprint density at radius 1 is 1.22 bits per heavy atom. The van der Waals surface area contributed by atoms with Crippen molar-refractivity contribution in [1.29, 1.82) is 0 Å². The molecule has 4 rings (SSSR count). The molecule has 1 aromatic rings. The number of nitrogens with zero attached hydrogens (tertiary/aromatic N) is 1. The molecule has 1 aromatic carbocycles. The average Bonchev–Trinajstić information content (AvgIpc) is 3.08. The Morgan fingerprint density at radius 2 is 1.93 bits per heavy atom. The zero-order valence-corrected chi connectivity index (χ0v) is 14.9. The Bertz CT molecular complexity index is 679. The van der Waals surface area contributed by atoms with E-state index in [1.807, 2.05) is 0 Å². The van der Waals surface area contributed by atoms with Gasteiger partial charge in [-0.05, 0) is 48.8 Å². The first-order valence-corrected chi connectivity index (χ1v) is 9.36. The summed E-state index contributed by atoms with van der Waals surface area (Å²) in [5.41, 5.74) is 0.173. The molecule has 1 amide bonds. The number of benzene rings is 1. The maximum Gasteiger partial charge on any atom is 0.573 e. The molecule has 2 aliphatic heterocycles. The van der Waals surface area contributed by atoms with Crippen LogP contribution in [0.1, 0.15) is 23.2 Å². The highest BCUT2D eigenvalue weighted by molar-refractivity contribution is 5.94. The number of fused-ring (bicyclic) bond motifs is 1. The number of hydrogen-bond donors (Lipinski definition) is 1. The fraction of sp³-hybridized carbons (Fsp3) is 0.632. The van der Waals surface area contributed by atoms with Crippen molar-refractivity contribution in [2.75, 3.05) is 32.8 Å². The van der Waals surface area contributed by atoms with Crippen molar-refractivity contribution in [2.24, 2.45) is 17.8 Å². The zero-order chi connectivity index (χ0) is 19.0. The lowest BCUT2D eigenvalue weighted by atomic mass is 10.1. The van der Waals surface area contributed by atoms with Crippen LogP contribution in [-0.2, 0) is 4.74 Å². The van der Waals surface area contributed by atoms with Crippen LogP contribution in [0.2, 0.25) is 0 Å². The predicted octanol–water partition coefficient (Wildman–Crippen LogP) is 2.67. The van der Waals surface area contributed by atoms with E-state index in [-0.39, 0.29) is 17.2 Å². The summed E-state index contributed by atoms with van der Waals surface area (Å²) in [6.07, 6.45) is -2.58. The number of likely N-dealkylation sites (tertiary alicyclic amines) is 1. The summed E-state index contributed by atoms with van der Waals surface area (Å²) in [5, 5.41) is 2.86. The van der Waals surface area contributed by atoms with Gasteiger partial charge in [0.05, 0.1) is 0 Å². The van der Waals surface area contributed by atoms with Crippen molar-refractivity contribution in [1.82, 2.24) is 10.2 Å². The molecule has 2 atom stereocenters. The van der Waals surface area contributed by atoms with Gasteiger partial charge in [-0.1, -0.05) is 6.07 Å². The fourth-order valence-electron chi connectivity index (χ4n) is 4.48. The monoisotopic (exact) mass is 384 g/mol. The molecule has 0 bridgehead atoms. The first-order valence-electron chi connectivity index (χ1n) is 9.36. The molecular formula is C19H23F3N2O3. The Kier molecular flexibility index (Phi) is 5.03. The second-order valence-electron chi connectivity index (χ2n) is 7.57. The van der Waals surface area contributed by atoms with Crippen molar-refractivity contribution < 1.29 is 27.4 Å². The number of halogens is 3. The first kappa shape index (κ1) is 18.6. The Morgan fingerprint density at radius 3 is 2.59 bits per heavy atom. The summed E-state index contributed by atoms with van der Waals surface area (Å²) in [7, 11) is 0. The topological polar surface area (TPSA) is 50.8 Å². The van der Waals surface area contributed by atoms with E-state index in [0.29, 0.717) is 30.3 Å². The van der Waals surface area contributed by atoms with Gasteiger partial charge in [0, 0.05) is 44.5 Å². The van der Waals surface area contributed by atoms with Crippen LogP contribution in [0.4, 0.5) is 13.2 Å². The Labute approximate surface area is 155 Å². The normalized spacial score (nSPS) is 28.6. The van der Waals surface area contributed by atoms with Crippen LogP contribution in [0.5, 0.6) is 5.75 Å². The minimum Gasteiger partial charge on any atom is -0.406 e. The van der Waals surface area contributed by atoms with E-state index in [2.05, 4.69) is 15.0 Å². The molecule has 3 fully saturated rings. The van der Waals surface area contributed by atoms with Crippen molar-refractivity contribution in [3.05, 3.63) is 29.8 Å². The molecule has 0 spiro atoms. The summed E-state index contributed by atoms with van der Waals surface area (Å²) in [4.78, 5) is 14.8. The third kappa shape index (κ3) is 4.38. The van der Waals surface area contributed by atoms with E-state index >= 15 is 0 Å². The third-order valence-electron chi connectivity index (χ3n) is 5.93. The maximum atomic E-state index is 12.3. The van der Waals surface area contributed by atoms with Gasteiger partial charge < -0.3 is 14.8 Å². The minimum absolute atomic E-state index is 0.173. The van der Waals surface area contributed by atoms with Gasteiger partial charge in [-0.25, -0.2) is 0 Å². The van der Waals surface area contributed by atoms with Crippen LogP contribution in [0.15, 0.2) is 24.3 Å². The molecule has 148 valence electrons. The number of piperidine rings is 1. The van der Waals surface area contributed by atoms with Gasteiger partial charge >= 0.3 is 6.36 Å². The van der Waals surface area contributed by atoms with E-state index in [9.17, 15) is 18.0 Å². The van der Waals surface area contributed by atoms with Crippen LogP contribution in [-0.4, -0.2) is 56.1 Å². The van der Waals surface area contributed by atoms with E-state index in [1.54, 1.807) is 0 Å². The number of rotatable bonds is 5. The quantitative estimate of drug-likeness (QED) is 0.848. The highest BCUT2D eigenvalue weighted by Crippen LogP contribution is 2.52. The number of carbonyl (C=O) groups excluding carboxylic acids is 1. The molecule has 0 radical (unpaired) electrons. The van der Waals surface area contributed by atoms with Crippen LogP contribution < -0.4 is 10.1 Å². The van der Waals surface area contributed by atoms with Crippen LogP contribution in [0, 0.1) is 17.8 Å². The highest BCUT2D eigenvalue weighted by atomic mass is 19.4. The van der Waals surface area contributed by atoms with Crippen LogP contribution in [0.3, 0.4) is 0 Å². The SMILES string of the molecule is O=C(NCC1C2CN(C3CCOCC3)CC12)c1cccc(OC(F)(F)F)c1. The van der Waals surface area contributed by atoms with Gasteiger partial charge in [-0.3, -0.25) is 9.69 Å². The van der Waals surface area contributed by atoms with Gasteiger partial charge in [-0.15, -0.1) is 13.2 Å². The second kappa shape index (κ2) is 7.31. The van der Waals surface area contributed by atoms with Crippen molar-refractivity contribution in [3.63, 3.8) is 0 Å². The largest absolute Gasteiger partial charge is 0.573 e. The van der Waals surface area contributed by atoms with E-state index < -0.39 is 6.36 Å². The lowest BCUT2D eigenvalue weighted by Crippen LogP contribution is -2.40. The summed E-state index contributed by atoms with van der Waals surface area (Å²) < 4.78 is 46.2. The number of alkyl halides is 3. The molecule has 27 heavy (non-hydrogen) atoms. The molecule has 1 N–H and O–H groups in total. The van der Waals surface area contributed by atoms with Crippen LogP contribution in [0.25, 0.3) is 0 Å². The van der Waals surface area contributed by atoms with Crippen molar-refractivity contribution >= 4 is 5.91 Å². The number of carbonyl (C=O) groups is 1. The summed E-state index contributed by atoms with van der Waals surface area (Å²) in [5.74, 6) is 0.958. The van der Waals surface area contributed by atoms with Crippen LogP contribution >= 0.6 is 0 Å². The van der Waals surface area contributed by atoms with Gasteiger partial charge in [0.25, 0.3) is 5.91 Å². The zero-order valence-electron chi connectivity index (χ0n) is 14.9. The first-order chi connectivity index (χ1) is 12.9. The smallest absolute Gasteiger partial charge is 0.406 e. The molecule has 3 aliphatic rings. The summed E-state index contributed by atoms with van der Waals surface area (Å²) in [6, 6.07) is 5.79. The molecule has 1 aliphatic carbocycles. The lowest BCUT2D eigenvalue weighted by molar-refractivity contribution is -0.274. The predicted molar refractivity (Wildman–Crippen MR) is 91.3 cm³/mol. The van der Waals surface area contributed by atoms with Gasteiger partial charge in [0.15, 0.2) is 0 Å². The minimum atomic E-state index is -4.77. The molecule has 2 saturated heterocycles. The maximum absolute atomic E-state index is 12.3. The Balaban J connectivity index is 1.24. The van der Waals surface area contributed by atoms with E-state index in [4.69, 9.17) is 4.74 Å². The second-order valence-corrected chi connectivity index (χ2v) is 7.57. The number of ether oxygens (including phenoxy) is 2. The van der Waals surface area contributed by atoms with Gasteiger partial charge in [0.1, 0.15) is 5.75 Å². The number of amides is 1. The fourth-order valence-corrected chi connectivity index (χ4v) is 4.48. The van der Waals surface area contributed by atoms with Gasteiger partial charge in [-0.2, -0.15) is 0 Å². The molecule has 2 heterocycles. The lowest BCUT2D eigenvalue weighted by Gasteiger charge is -2.32. The van der Waals surface area contributed by atoms with E-state index in [0.717, 1.165) is 45.2 Å². The highest BCUT2D eigenvalue weighted by Gasteiger charge is 2.56. The summed E-state index contributed by atoms with van der Waals surface area (Å²) >= 11 is 0. The van der Waals surface area contributed by atoms with Gasteiger partial charge in [0.2, 0.25) is 0 Å². The molecular weight excluding hydrogens is 361 g/mol. The molecule has 8 heteroatoms. The number of hydrogen-bond acceptors (Lipinski definition) is 4. The number of nitrogens with one attached hydrogen (secondary N) is 1. The van der Waals surface area contributed by atoms with E-state index in [1.165, 1.54) is 18.2 Å². The van der Waals surface area contributed by atoms with Crippen molar-refractivity contribution in [2.45, 2.75) is 25.2 Å². The molecule has 5 nitrogen and oxygen atoms in total. The third-order valence-corrected chi connectivity index (χ3v) is 5.93. The molecule has 2 unspecified atom stereocenters. The molecule has 0 aromatic heterocycles. The summed E-state index contributed by atoms with van der Waals surface area (Å²) in [6.45, 7) is 4.40. The van der Waals surface area contributed by atoms with Crippen molar-refractivity contribution in [3.8, 4) is 5.75 Å². The Hall–Kier alpha value is -1.80. The molecule has 1 saturated carbocycles. The average molecular weight is 384 g/mol. The standard InChI is InChI=1S/C19H23F3N2O3/c20-19(21,22)27-14-3-1-2-12(8-14)18(25)23-9-15-16-10-24(11-17(15)16)13-4-6-26-7-5-13/h1-3,8,13,15-17H,4-7,9-11H2,(H,23,25).